The van der Waals surface area contributed by atoms with E-state index < -0.39 is 11.9 Å². The first-order valence-electron chi connectivity index (χ1n) is 3.24. The van der Waals surface area contributed by atoms with E-state index in [0.717, 1.165) is 0 Å². The van der Waals surface area contributed by atoms with E-state index in [0.29, 0.717) is 6.61 Å². The molecular formula is C6H10ClNO3. The third-order valence-corrected chi connectivity index (χ3v) is 1.69. The van der Waals surface area contributed by atoms with Gasteiger partial charge < -0.3 is 14.7 Å². The molecule has 11 heavy (non-hydrogen) atoms. The summed E-state index contributed by atoms with van der Waals surface area (Å²) in [5, 5.41) is 11.1. The Labute approximate surface area is 69.7 Å². The maximum Gasteiger partial charge on any atom is 0.176 e. The van der Waals surface area contributed by atoms with Gasteiger partial charge in [0.2, 0.25) is 0 Å². The second-order valence-electron chi connectivity index (χ2n) is 2.74. The van der Waals surface area contributed by atoms with Gasteiger partial charge in [0.15, 0.2) is 11.0 Å². The van der Waals surface area contributed by atoms with Crippen molar-refractivity contribution >= 4 is 16.8 Å². The SMILES string of the molecule is CC1(C)OCC(C(Cl)=NO)O1. The summed E-state index contributed by atoms with van der Waals surface area (Å²) in [7, 11) is 0. The molecule has 0 aromatic carbocycles. The minimum atomic E-state index is -0.629. The van der Waals surface area contributed by atoms with Crippen molar-refractivity contribution < 1.29 is 14.7 Å². The fourth-order valence-electron chi connectivity index (χ4n) is 0.869. The maximum absolute atomic E-state index is 8.29. The summed E-state index contributed by atoms with van der Waals surface area (Å²) in [6, 6.07) is 0. The summed E-state index contributed by atoms with van der Waals surface area (Å²) in [5.74, 6) is -0.629. The lowest BCUT2D eigenvalue weighted by atomic mass is 10.4. The Bertz CT molecular complexity index is 181. The first-order valence-corrected chi connectivity index (χ1v) is 3.62. The molecule has 0 bridgehead atoms. The fraction of sp³-hybridized carbons (Fsp3) is 0.833. The molecule has 0 saturated carbocycles. The van der Waals surface area contributed by atoms with Gasteiger partial charge in [0.1, 0.15) is 6.10 Å². The Morgan fingerprint density at radius 2 is 2.36 bits per heavy atom. The third kappa shape index (κ3) is 2.05. The lowest BCUT2D eigenvalue weighted by Gasteiger charge is -2.15. The van der Waals surface area contributed by atoms with Crippen LogP contribution in [0.1, 0.15) is 13.8 Å². The van der Waals surface area contributed by atoms with Crippen molar-refractivity contribution in [3.05, 3.63) is 0 Å². The molecule has 0 aromatic rings. The van der Waals surface area contributed by atoms with Crippen molar-refractivity contribution in [2.45, 2.75) is 25.7 Å². The predicted molar refractivity (Wildman–Crippen MR) is 40.0 cm³/mol. The Hall–Kier alpha value is -0.320. The molecular weight excluding hydrogens is 170 g/mol. The highest BCUT2D eigenvalue weighted by atomic mass is 35.5. The van der Waals surface area contributed by atoms with Gasteiger partial charge in [-0.1, -0.05) is 16.8 Å². The highest BCUT2D eigenvalue weighted by Crippen LogP contribution is 2.23. The fourth-order valence-corrected chi connectivity index (χ4v) is 0.976. The Balaban J connectivity index is 2.55. The molecule has 0 spiro atoms. The highest BCUT2D eigenvalue weighted by molar-refractivity contribution is 6.66. The smallest absolute Gasteiger partial charge is 0.176 e. The number of ether oxygens (including phenoxy) is 2. The van der Waals surface area contributed by atoms with Crippen LogP contribution in [0.5, 0.6) is 0 Å². The van der Waals surface area contributed by atoms with E-state index in [1.807, 2.05) is 0 Å². The highest BCUT2D eigenvalue weighted by Gasteiger charge is 2.35. The van der Waals surface area contributed by atoms with Crippen molar-refractivity contribution in [3.63, 3.8) is 0 Å². The maximum atomic E-state index is 8.29. The van der Waals surface area contributed by atoms with Crippen LogP contribution in [0.15, 0.2) is 5.16 Å². The Morgan fingerprint density at radius 3 is 2.73 bits per heavy atom. The van der Waals surface area contributed by atoms with Gasteiger partial charge in [0, 0.05) is 0 Å². The van der Waals surface area contributed by atoms with Crippen LogP contribution in [0, 0.1) is 0 Å². The average Bonchev–Trinajstić information content (AvgIpc) is 2.29. The van der Waals surface area contributed by atoms with E-state index in [1.54, 1.807) is 13.8 Å². The minimum Gasteiger partial charge on any atom is -0.410 e. The molecule has 1 aliphatic rings. The first kappa shape index (κ1) is 8.77. The summed E-state index contributed by atoms with van der Waals surface area (Å²) in [5.41, 5.74) is 0. The quantitative estimate of drug-likeness (QED) is 0.374. The monoisotopic (exact) mass is 179 g/mol. The summed E-state index contributed by atoms with van der Waals surface area (Å²) in [4.78, 5) is 0. The summed E-state index contributed by atoms with van der Waals surface area (Å²) in [6.45, 7) is 3.87. The van der Waals surface area contributed by atoms with E-state index in [2.05, 4.69) is 5.16 Å². The van der Waals surface area contributed by atoms with Crippen molar-refractivity contribution in [3.8, 4) is 0 Å². The molecule has 1 unspecified atom stereocenters. The zero-order valence-electron chi connectivity index (χ0n) is 6.37. The molecule has 1 fully saturated rings. The number of halogens is 1. The van der Waals surface area contributed by atoms with Gasteiger partial charge in [-0.15, -0.1) is 0 Å². The van der Waals surface area contributed by atoms with Crippen LogP contribution in [0.25, 0.3) is 0 Å². The standard InChI is InChI=1S/C6H10ClNO3/c1-6(2)10-3-4(11-6)5(7)8-9/h4,9H,3H2,1-2H3. The molecule has 5 heteroatoms. The van der Waals surface area contributed by atoms with Crippen molar-refractivity contribution in [2.24, 2.45) is 5.16 Å². The molecule has 0 radical (unpaired) electrons. The second-order valence-corrected chi connectivity index (χ2v) is 3.13. The molecule has 64 valence electrons. The molecule has 1 N–H and O–H groups in total. The molecule has 0 aliphatic carbocycles. The van der Waals surface area contributed by atoms with Gasteiger partial charge in [0.05, 0.1) is 6.61 Å². The molecule has 1 rings (SSSR count). The van der Waals surface area contributed by atoms with E-state index in [1.165, 1.54) is 0 Å². The van der Waals surface area contributed by atoms with Gasteiger partial charge >= 0.3 is 0 Å². The second kappa shape index (κ2) is 2.97. The van der Waals surface area contributed by atoms with E-state index in [4.69, 9.17) is 26.3 Å². The van der Waals surface area contributed by atoms with Crippen LogP contribution < -0.4 is 0 Å². The normalized spacial score (nSPS) is 30.8. The number of hydrogen-bond donors (Lipinski definition) is 1. The number of nitrogens with zero attached hydrogens (tertiary/aromatic N) is 1. The average molecular weight is 180 g/mol. The van der Waals surface area contributed by atoms with Gasteiger partial charge in [-0.3, -0.25) is 0 Å². The van der Waals surface area contributed by atoms with Crippen LogP contribution in [0.3, 0.4) is 0 Å². The van der Waals surface area contributed by atoms with Crippen LogP contribution in [-0.4, -0.2) is 28.9 Å². The molecule has 1 heterocycles. The zero-order valence-corrected chi connectivity index (χ0v) is 7.13. The molecule has 1 saturated heterocycles. The van der Waals surface area contributed by atoms with E-state index in [-0.39, 0.29) is 5.17 Å². The number of rotatable bonds is 1. The third-order valence-electron chi connectivity index (χ3n) is 1.37. The Kier molecular flexibility index (Phi) is 2.37. The van der Waals surface area contributed by atoms with Crippen LogP contribution in [-0.2, 0) is 9.47 Å². The van der Waals surface area contributed by atoms with Crippen LogP contribution >= 0.6 is 11.6 Å². The van der Waals surface area contributed by atoms with Gasteiger partial charge in [-0.05, 0) is 13.8 Å². The zero-order chi connectivity index (χ0) is 8.48. The predicted octanol–water partition coefficient (Wildman–Crippen LogP) is 1.16. The molecule has 4 nitrogen and oxygen atoms in total. The van der Waals surface area contributed by atoms with Crippen molar-refractivity contribution in [1.82, 2.24) is 0 Å². The molecule has 1 aliphatic heterocycles. The van der Waals surface area contributed by atoms with Crippen molar-refractivity contribution in [2.75, 3.05) is 6.61 Å². The Morgan fingerprint density at radius 1 is 1.73 bits per heavy atom. The topological polar surface area (TPSA) is 51.0 Å². The van der Waals surface area contributed by atoms with Crippen LogP contribution in [0.4, 0.5) is 0 Å². The number of oxime groups is 1. The molecule has 0 aromatic heterocycles. The molecule has 0 amide bonds. The van der Waals surface area contributed by atoms with Gasteiger partial charge in [-0.25, -0.2) is 0 Å². The molecule has 1 atom stereocenters. The summed E-state index contributed by atoms with van der Waals surface area (Å²) in [6.07, 6.45) is -0.434. The summed E-state index contributed by atoms with van der Waals surface area (Å²) < 4.78 is 10.4. The lowest BCUT2D eigenvalue weighted by Crippen LogP contribution is -2.24. The summed E-state index contributed by atoms with van der Waals surface area (Å²) >= 11 is 5.49. The van der Waals surface area contributed by atoms with E-state index >= 15 is 0 Å². The van der Waals surface area contributed by atoms with E-state index in [9.17, 15) is 0 Å². The first-order chi connectivity index (χ1) is 5.05. The van der Waals surface area contributed by atoms with Crippen molar-refractivity contribution in [1.29, 1.82) is 0 Å². The van der Waals surface area contributed by atoms with Gasteiger partial charge in [0.25, 0.3) is 0 Å². The number of hydrogen-bond acceptors (Lipinski definition) is 4. The van der Waals surface area contributed by atoms with Gasteiger partial charge in [-0.2, -0.15) is 0 Å². The lowest BCUT2D eigenvalue weighted by molar-refractivity contribution is -0.131. The van der Waals surface area contributed by atoms with Crippen LogP contribution in [0.2, 0.25) is 0 Å². The minimum absolute atomic E-state index is 0.0237. The largest absolute Gasteiger partial charge is 0.410 e.